The average Bonchev–Trinajstić information content (AvgIpc) is 2.89. The van der Waals surface area contributed by atoms with E-state index in [1.54, 1.807) is 11.3 Å². The second-order valence-electron chi connectivity index (χ2n) is 4.09. The van der Waals surface area contributed by atoms with Crippen molar-refractivity contribution in [3.05, 3.63) is 36.2 Å². The zero-order valence-electron chi connectivity index (χ0n) is 9.81. The molecule has 0 aliphatic heterocycles. The summed E-state index contributed by atoms with van der Waals surface area (Å²) >= 11 is 1.75. The quantitative estimate of drug-likeness (QED) is 0.716. The van der Waals surface area contributed by atoms with Crippen molar-refractivity contribution < 1.29 is 0 Å². The first-order valence-corrected chi connectivity index (χ1v) is 6.75. The van der Waals surface area contributed by atoms with Gasteiger partial charge in [-0.15, -0.1) is 0 Å². The molecular weight excluding hydrogens is 230 g/mol. The highest BCUT2D eigenvalue weighted by Gasteiger charge is 2.05. The van der Waals surface area contributed by atoms with Crippen LogP contribution >= 0.6 is 11.3 Å². The number of benzene rings is 1. The van der Waals surface area contributed by atoms with E-state index in [1.165, 1.54) is 15.8 Å². The van der Waals surface area contributed by atoms with Crippen molar-refractivity contribution in [1.82, 2.24) is 14.7 Å². The number of hydrogen-bond acceptors (Lipinski definition) is 3. The molecule has 3 aromatic rings. The highest BCUT2D eigenvalue weighted by molar-refractivity contribution is 7.23. The SMILES string of the molecule is CCNCCc1ccc2c(c1)sc1nccn12. The molecule has 0 amide bonds. The summed E-state index contributed by atoms with van der Waals surface area (Å²) in [7, 11) is 0. The third-order valence-electron chi connectivity index (χ3n) is 2.93. The van der Waals surface area contributed by atoms with Crippen LogP contribution in [0.3, 0.4) is 0 Å². The predicted octanol–water partition coefficient (Wildman–Crippen LogP) is 2.70. The number of likely N-dealkylation sites (N-methyl/N-ethyl adjacent to an activating group) is 1. The van der Waals surface area contributed by atoms with Gasteiger partial charge in [-0.25, -0.2) is 4.98 Å². The third kappa shape index (κ3) is 1.94. The summed E-state index contributed by atoms with van der Waals surface area (Å²) in [4.78, 5) is 5.40. The van der Waals surface area contributed by atoms with Gasteiger partial charge < -0.3 is 5.32 Å². The average molecular weight is 245 g/mol. The second kappa shape index (κ2) is 4.47. The number of hydrogen-bond donors (Lipinski definition) is 1. The Hall–Kier alpha value is -1.39. The molecule has 0 aliphatic rings. The molecule has 4 heteroatoms. The molecule has 0 saturated carbocycles. The number of fused-ring (bicyclic) bond motifs is 3. The maximum atomic E-state index is 4.33. The Labute approximate surface area is 104 Å². The van der Waals surface area contributed by atoms with Gasteiger partial charge in [-0.05, 0) is 37.2 Å². The Kier molecular flexibility index (Phi) is 2.82. The van der Waals surface area contributed by atoms with Crippen LogP contribution in [0.5, 0.6) is 0 Å². The minimum Gasteiger partial charge on any atom is -0.317 e. The molecule has 0 bridgehead atoms. The van der Waals surface area contributed by atoms with Gasteiger partial charge in [-0.1, -0.05) is 24.3 Å². The summed E-state index contributed by atoms with van der Waals surface area (Å²) in [6, 6.07) is 6.69. The molecule has 0 aliphatic carbocycles. The van der Waals surface area contributed by atoms with Gasteiger partial charge in [0.2, 0.25) is 0 Å². The summed E-state index contributed by atoms with van der Waals surface area (Å²) in [5.41, 5.74) is 2.65. The molecule has 0 radical (unpaired) electrons. The maximum Gasteiger partial charge on any atom is 0.194 e. The number of rotatable bonds is 4. The first-order chi connectivity index (χ1) is 8.38. The van der Waals surface area contributed by atoms with E-state index in [0.29, 0.717) is 0 Å². The van der Waals surface area contributed by atoms with E-state index < -0.39 is 0 Å². The van der Waals surface area contributed by atoms with Crippen molar-refractivity contribution in [1.29, 1.82) is 0 Å². The molecule has 3 rings (SSSR count). The van der Waals surface area contributed by atoms with Gasteiger partial charge in [0.15, 0.2) is 4.96 Å². The Balaban J connectivity index is 1.95. The largest absolute Gasteiger partial charge is 0.317 e. The zero-order chi connectivity index (χ0) is 11.7. The van der Waals surface area contributed by atoms with Crippen LogP contribution in [0.2, 0.25) is 0 Å². The normalized spacial score (nSPS) is 11.6. The van der Waals surface area contributed by atoms with Crippen molar-refractivity contribution in [3.63, 3.8) is 0 Å². The van der Waals surface area contributed by atoms with Crippen molar-refractivity contribution in [2.24, 2.45) is 0 Å². The van der Waals surface area contributed by atoms with Gasteiger partial charge in [-0.2, -0.15) is 0 Å². The first kappa shape index (κ1) is 10.7. The fourth-order valence-corrected chi connectivity index (χ4v) is 3.10. The molecule has 2 heterocycles. The van der Waals surface area contributed by atoms with Crippen LogP contribution in [0.25, 0.3) is 15.2 Å². The fourth-order valence-electron chi connectivity index (χ4n) is 2.05. The molecule has 0 atom stereocenters. The molecule has 88 valence electrons. The summed E-state index contributed by atoms with van der Waals surface area (Å²) in [6.45, 7) is 4.22. The minimum absolute atomic E-state index is 1.04. The van der Waals surface area contributed by atoms with Crippen LogP contribution in [0, 0.1) is 0 Å². The molecule has 3 nitrogen and oxygen atoms in total. The molecule has 0 unspecified atom stereocenters. The van der Waals surface area contributed by atoms with Gasteiger partial charge in [0, 0.05) is 12.4 Å². The third-order valence-corrected chi connectivity index (χ3v) is 3.96. The van der Waals surface area contributed by atoms with Gasteiger partial charge in [0.25, 0.3) is 0 Å². The minimum atomic E-state index is 1.04. The lowest BCUT2D eigenvalue weighted by Gasteiger charge is -2.02. The van der Waals surface area contributed by atoms with E-state index in [-0.39, 0.29) is 0 Å². The van der Waals surface area contributed by atoms with Crippen LogP contribution < -0.4 is 5.32 Å². The van der Waals surface area contributed by atoms with Crippen LogP contribution in [0.15, 0.2) is 30.6 Å². The molecule has 0 fully saturated rings. The van der Waals surface area contributed by atoms with E-state index in [2.05, 4.69) is 39.8 Å². The van der Waals surface area contributed by atoms with Crippen LogP contribution in [-0.2, 0) is 6.42 Å². The van der Waals surface area contributed by atoms with Crippen LogP contribution in [0.1, 0.15) is 12.5 Å². The van der Waals surface area contributed by atoms with E-state index >= 15 is 0 Å². The molecule has 2 aromatic heterocycles. The molecular formula is C13H15N3S. The van der Waals surface area contributed by atoms with E-state index in [0.717, 1.165) is 24.5 Å². The number of imidazole rings is 1. The van der Waals surface area contributed by atoms with Crippen molar-refractivity contribution in [3.8, 4) is 0 Å². The molecule has 0 spiro atoms. The monoisotopic (exact) mass is 245 g/mol. The van der Waals surface area contributed by atoms with Gasteiger partial charge >= 0.3 is 0 Å². The summed E-state index contributed by atoms with van der Waals surface area (Å²) in [5.74, 6) is 0. The molecule has 1 aromatic carbocycles. The Morgan fingerprint density at radius 1 is 1.41 bits per heavy atom. The van der Waals surface area contributed by atoms with Crippen molar-refractivity contribution >= 4 is 26.5 Å². The summed E-state index contributed by atoms with van der Waals surface area (Å²) in [5, 5.41) is 3.35. The van der Waals surface area contributed by atoms with Crippen molar-refractivity contribution in [2.75, 3.05) is 13.1 Å². The molecule has 0 saturated heterocycles. The highest BCUT2D eigenvalue weighted by Crippen LogP contribution is 2.26. The Morgan fingerprint density at radius 3 is 3.24 bits per heavy atom. The molecule has 17 heavy (non-hydrogen) atoms. The first-order valence-electron chi connectivity index (χ1n) is 5.93. The number of nitrogens with one attached hydrogen (secondary N) is 1. The summed E-state index contributed by atoms with van der Waals surface area (Å²) < 4.78 is 3.47. The summed E-state index contributed by atoms with van der Waals surface area (Å²) in [6.07, 6.45) is 4.96. The number of thiazole rings is 1. The van der Waals surface area contributed by atoms with E-state index in [4.69, 9.17) is 0 Å². The number of aromatic nitrogens is 2. The van der Waals surface area contributed by atoms with Crippen LogP contribution in [0.4, 0.5) is 0 Å². The fraction of sp³-hybridized carbons (Fsp3) is 0.308. The Bertz CT molecular complexity index is 638. The van der Waals surface area contributed by atoms with E-state index in [1.807, 2.05) is 12.4 Å². The van der Waals surface area contributed by atoms with Gasteiger partial charge in [0.1, 0.15) is 0 Å². The topological polar surface area (TPSA) is 29.3 Å². The van der Waals surface area contributed by atoms with Gasteiger partial charge in [-0.3, -0.25) is 4.40 Å². The maximum absolute atomic E-state index is 4.33. The standard InChI is InChI=1S/C13H15N3S/c1-2-14-6-5-10-3-4-11-12(9-10)17-13-15-7-8-16(11)13/h3-4,7-9,14H,2,5-6H2,1H3. The zero-order valence-corrected chi connectivity index (χ0v) is 10.6. The van der Waals surface area contributed by atoms with Crippen LogP contribution in [-0.4, -0.2) is 22.5 Å². The van der Waals surface area contributed by atoms with Crippen molar-refractivity contribution in [2.45, 2.75) is 13.3 Å². The highest BCUT2D eigenvalue weighted by atomic mass is 32.1. The lowest BCUT2D eigenvalue weighted by molar-refractivity contribution is 0.717. The smallest absolute Gasteiger partial charge is 0.194 e. The van der Waals surface area contributed by atoms with E-state index in [9.17, 15) is 0 Å². The lowest BCUT2D eigenvalue weighted by atomic mass is 10.1. The lowest BCUT2D eigenvalue weighted by Crippen LogP contribution is -2.15. The molecule has 1 N–H and O–H groups in total. The second-order valence-corrected chi connectivity index (χ2v) is 5.10. The number of nitrogens with zero attached hydrogens (tertiary/aromatic N) is 2. The Morgan fingerprint density at radius 2 is 2.35 bits per heavy atom. The predicted molar refractivity (Wildman–Crippen MR) is 72.8 cm³/mol. The van der Waals surface area contributed by atoms with Gasteiger partial charge in [0.05, 0.1) is 10.2 Å².